The van der Waals surface area contributed by atoms with Gasteiger partial charge in [-0.3, -0.25) is 14.5 Å². The molecular weight excluding hydrogens is 388 g/mol. The van der Waals surface area contributed by atoms with Crippen LogP contribution in [0.2, 0.25) is 0 Å². The fourth-order valence-corrected chi connectivity index (χ4v) is 5.50. The van der Waals surface area contributed by atoms with Gasteiger partial charge in [-0.2, -0.15) is 0 Å². The van der Waals surface area contributed by atoms with Crippen molar-refractivity contribution in [3.05, 3.63) is 40.9 Å². The van der Waals surface area contributed by atoms with Gasteiger partial charge in [0.15, 0.2) is 15.0 Å². The Morgan fingerprint density at radius 1 is 1.37 bits per heavy atom. The zero-order chi connectivity index (χ0) is 19.6. The summed E-state index contributed by atoms with van der Waals surface area (Å²) in [4.78, 5) is 30.1. The van der Waals surface area contributed by atoms with Gasteiger partial charge in [-0.15, -0.1) is 11.3 Å². The Labute approximate surface area is 161 Å². The van der Waals surface area contributed by atoms with Crippen molar-refractivity contribution in [2.75, 3.05) is 16.4 Å². The highest BCUT2D eigenvalue weighted by Gasteiger charge is 2.34. The van der Waals surface area contributed by atoms with E-state index in [2.05, 4.69) is 4.98 Å². The number of esters is 1. The summed E-state index contributed by atoms with van der Waals surface area (Å²) in [6.07, 6.45) is 0.301. The summed E-state index contributed by atoms with van der Waals surface area (Å²) < 4.78 is 28.2. The molecule has 1 unspecified atom stereocenters. The Balaban J connectivity index is 1.68. The topological polar surface area (TPSA) is 93.6 Å². The lowest BCUT2D eigenvalue weighted by molar-refractivity contribution is -0.149. The van der Waals surface area contributed by atoms with Crippen LogP contribution in [0, 0.1) is 12.8 Å². The lowest BCUT2D eigenvalue weighted by Crippen LogP contribution is -2.22. The number of nitrogens with zero attached hydrogens (tertiary/aromatic N) is 2. The maximum atomic E-state index is 12.1. The monoisotopic (exact) mass is 408 g/mol. The second-order valence-electron chi connectivity index (χ2n) is 6.52. The third kappa shape index (κ3) is 4.72. The summed E-state index contributed by atoms with van der Waals surface area (Å²) in [5.74, 6) is -1.42. The van der Waals surface area contributed by atoms with E-state index in [1.54, 1.807) is 5.38 Å². The van der Waals surface area contributed by atoms with Crippen LogP contribution >= 0.6 is 11.3 Å². The Kier molecular flexibility index (Phi) is 5.61. The highest BCUT2D eigenvalue weighted by molar-refractivity contribution is 7.91. The minimum absolute atomic E-state index is 0.0255. The zero-order valence-electron chi connectivity index (χ0n) is 15.0. The number of amides is 1. The molecule has 2 aromatic rings. The van der Waals surface area contributed by atoms with E-state index in [0.717, 1.165) is 11.3 Å². The van der Waals surface area contributed by atoms with Gasteiger partial charge in [0.1, 0.15) is 6.61 Å². The summed E-state index contributed by atoms with van der Waals surface area (Å²) >= 11 is 1.28. The minimum atomic E-state index is -3.13. The van der Waals surface area contributed by atoms with Crippen LogP contribution in [0.15, 0.2) is 29.6 Å². The van der Waals surface area contributed by atoms with Gasteiger partial charge in [0.05, 0.1) is 28.8 Å². The molecule has 1 aromatic heterocycles. The molecule has 1 aliphatic heterocycles. The summed E-state index contributed by atoms with van der Waals surface area (Å²) in [5, 5.41) is 2.21. The Morgan fingerprint density at radius 3 is 2.78 bits per heavy atom. The van der Waals surface area contributed by atoms with Crippen LogP contribution in [0.3, 0.4) is 0 Å². The van der Waals surface area contributed by atoms with Crippen molar-refractivity contribution in [2.45, 2.75) is 26.9 Å². The number of aromatic nitrogens is 1. The third-order valence-electron chi connectivity index (χ3n) is 4.23. The molecule has 27 heavy (non-hydrogen) atoms. The first kappa shape index (κ1) is 19.5. The molecular formula is C18H20N2O5S2. The highest BCUT2D eigenvalue weighted by Crippen LogP contribution is 2.30. The average Bonchev–Trinajstić information content (AvgIpc) is 3.19. The van der Waals surface area contributed by atoms with E-state index < -0.39 is 21.7 Å². The van der Waals surface area contributed by atoms with Crippen molar-refractivity contribution in [1.82, 2.24) is 4.98 Å². The number of ether oxygens (including phenoxy) is 1. The van der Waals surface area contributed by atoms with E-state index in [-0.39, 0.29) is 24.0 Å². The Morgan fingerprint density at radius 2 is 2.15 bits per heavy atom. The second kappa shape index (κ2) is 7.77. The molecule has 0 saturated carbocycles. The summed E-state index contributed by atoms with van der Waals surface area (Å²) in [5.41, 5.74) is 2.26. The van der Waals surface area contributed by atoms with E-state index in [1.165, 1.54) is 23.2 Å². The van der Waals surface area contributed by atoms with Gasteiger partial charge in [0.25, 0.3) is 0 Å². The number of rotatable bonds is 5. The second-order valence-corrected chi connectivity index (χ2v) is 9.59. The molecule has 0 aliphatic carbocycles. The third-order valence-corrected chi connectivity index (χ3v) is 6.88. The van der Waals surface area contributed by atoms with Gasteiger partial charge in [0.2, 0.25) is 5.91 Å². The van der Waals surface area contributed by atoms with Crippen LogP contribution in [0.4, 0.5) is 10.8 Å². The SMILES string of the molecule is CC(=O)N(c1cccc(C)c1)c1nc(COC(=O)C2CCS(=O)(=O)C2)cs1. The molecule has 3 rings (SSSR count). The van der Waals surface area contributed by atoms with Crippen LogP contribution in [-0.2, 0) is 30.8 Å². The fraction of sp³-hybridized carbons (Fsp3) is 0.389. The van der Waals surface area contributed by atoms with E-state index in [9.17, 15) is 18.0 Å². The normalized spacial score (nSPS) is 18.2. The molecule has 1 aromatic carbocycles. The van der Waals surface area contributed by atoms with Crippen molar-refractivity contribution in [3.63, 3.8) is 0 Å². The van der Waals surface area contributed by atoms with Crippen molar-refractivity contribution < 1.29 is 22.7 Å². The number of hydrogen-bond donors (Lipinski definition) is 0. The predicted octanol–water partition coefficient (Wildman–Crippen LogP) is 2.61. The first-order valence-electron chi connectivity index (χ1n) is 8.44. The number of benzene rings is 1. The molecule has 0 N–H and O–H groups in total. The van der Waals surface area contributed by atoms with Gasteiger partial charge >= 0.3 is 5.97 Å². The predicted molar refractivity (Wildman–Crippen MR) is 103 cm³/mol. The number of thiazole rings is 1. The summed E-state index contributed by atoms with van der Waals surface area (Å²) in [6, 6.07) is 7.53. The molecule has 0 bridgehead atoms. The van der Waals surface area contributed by atoms with E-state index in [1.807, 2.05) is 31.2 Å². The lowest BCUT2D eigenvalue weighted by atomic mass is 10.1. The van der Waals surface area contributed by atoms with Crippen molar-refractivity contribution in [3.8, 4) is 0 Å². The molecule has 144 valence electrons. The summed E-state index contributed by atoms with van der Waals surface area (Å²) in [6.45, 7) is 3.35. The number of carbonyl (C=O) groups excluding carboxylic acids is 2. The zero-order valence-corrected chi connectivity index (χ0v) is 16.7. The van der Waals surface area contributed by atoms with Crippen molar-refractivity contribution in [1.29, 1.82) is 0 Å². The maximum absolute atomic E-state index is 12.1. The van der Waals surface area contributed by atoms with Crippen LogP contribution in [0.25, 0.3) is 0 Å². The standard InChI is InChI=1S/C18H20N2O5S2/c1-12-4-3-5-16(8-12)20(13(2)21)18-19-15(10-26-18)9-25-17(22)14-6-7-27(23,24)11-14/h3-5,8,10,14H,6-7,9,11H2,1-2H3. The van der Waals surface area contributed by atoms with Gasteiger partial charge in [-0.25, -0.2) is 13.4 Å². The van der Waals surface area contributed by atoms with E-state index in [0.29, 0.717) is 17.2 Å². The van der Waals surface area contributed by atoms with Gasteiger partial charge in [-0.1, -0.05) is 12.1 Å². The molecule has 9 heteroatoms. The first-order chi connectivity index (χ1) is 12.7. The van der Waals surface area contributed by atoms with Gasteiger partial charge < -0.3 is 4.74 Å². The Hall–Kier alpha value is -2.26. The number of sulfone groups is 1. The minimum Gasteiger partial charge on any atom is -0.459 e. The van der Waals surface area contributed by atoms with Gasteiger partial charge in [0, 0.05) is 12.3 Å². The molecule has 1 amide bonds. The van der Waals surface area contributed by atoms with E-state index in [4.69, 9.17) is 4.74 Å². The molecule has 1 atom stereocenters. The van der Waals surface area contributed by atoms with Crippen LogP contribution < -0.4 is 4.90 Å². The summed E-state index contributed by atoms with van der Waals surface area (Å²) in [7, 11) is -3.13. The van der Waals surface area contributed by atoms with E-state index >= 15 is 0 Å². The molecule has 7 nitrogen and oxygen atoms in total. The highest BCUT2D eigenvalue weighted by atomic mass is 32.2. The first-order valence-corrected chi connectivity index (χ1v) is 11.1. The number of hydrogen-bond acceptors (Lipinski definition) is 7. The quantitative estimate of drug-likeness (QED) is 0.706. The maximum Gasteiger partial charge on any atom is 0.310 e. The molecule has 0 spiro atoms. The largest absolute Gasteiger partial charge is 0.459 e. The molecule has 2 heterocycles. The van der Waals surface area contributed by atoms with Crippen LogP contribution in [0.5, 0.6) is 0 Å². The van der Waals surface area contributed by atoms with Gasteiger partial charge in [-0.05, 0) is 31.0 Å². The van der Waals surface area contributed by atoms with Crippen LogP contribution in [0.1, 0.15) is 24.6 Å². The molecule has 1 saturated heterocycles. The van der Waals surface area contributed by atoms with Crippen molar-refractivity contribution >= 4 is 43.9 Å². The molecule has 0 radical (unpaired) electrons. The number of carbonyl (C=O) groups is 2. The smallest absolute Gasteiger partial charge is 0.310 e. The molecule has 1 fully saturated rings. The molecule has 1 aliphatic rings. The average molecular weight is 409 g/mol. The number of aryl methyl sites for hydroxylation is 1. The van der Waals surface area contributed by atoms with Crippen LogP contribution in [-0.4, -0.2) is 36.8 Å². The Bertz CT molecular complexity index is 968. The lowest BCUT2D eigenvalue weighted by Gasteiger charge is -2.18. The van der Waals surface area contributed by atoms with Crippen molar-refractivity contribution in [2.24, 2.45) is 5.92 Å². The number of anilines is 2. The fourth-order valence-electron chi connectivity index (χ4n) is 2.90.